The molecule has 0 atom stereocenters. The van der Waals surface area contributed by atoms with Gasteiger partial charge in [0.15, 0.2) is 5.57 Å². The highest BCUT2D eigenvalue weighted by Crippen LogP contribution is 2.23. The number of allylic oxidation sites excluding steroid dienone is 1. The molecule has 1 aliphatic heterocycles. The van der Waals surface area contributed by atoms with E-state index in [-0.39, 0.29) is 5.57 Å². The predicted octanol–water partition coefficient (Wildman–Crippen LogP) is 1.35. The molecule has 0 radical (unpaired) electrons. The maximum atomic E-state index is 9.12. The summed E-state index contributed by atoms with van der Waals surface area (Å²) in [5, 5.41) is 21.5. The summed E-state index contributed by atoms with van der Waals surface area (Å²) in [6.45, 7) is 3.38. The number of piperazine rings is 1. The summed E-state index contributed by atoms with van der Waals surface area (Å²) in [7, 11) is 0. The topological polar surface area (TPSA) is 62.9 Å². The second-order valence-electron chi connectivity index (χ2n) is 4.05. The zero-order chi connectivity index (χ0) is 12.8. The van der Waals surface area contributed by atoms with Gasteiger partial charge in [0.25, 0.3) is 0 Å². The minimum absolute atomic E-state index is 0.183. The van der Waals surface area contributed by atoms with Crippen LogP contribution in [-0.4, -0.2) is 31.1 Å². The van der Waals surface area contributed by atoms with E-state index >= 15 is 0 Å². The van der Waals surface area contributed by atoms with Crippen molar-refractivity contribution >= 4 is 5.70 Å². The van der Waals surface area contributed by atoms with E-state index in [4.69, 9.17) is 10.5 Å². The summed E-state index contributed by atoms with van der Waals surface area (Å²) in [5.41, 5.74) is 1.86. The number of benzene rings is 1. The molecule has 1 N–H and O–H groups in total. The highest BCUT2D eigenvalue weighted by atomic mass is 15.2. The van der Waals surface area contributed by atoms with Crippen molar-refractivity contribution in [1.82, 2.24) is 10.2 Å². The zero-order valence-corrected chi connectivity index (χ0v) is 10.1. The quantitative estimate of drug-likeness (QED) is 0.790. The molecule has 0 aromatic heterocycles. The van der Waals surface area contributed by atoms with E-state index in [1.54, 1.807) is 0 Å². The molecule has 1 heterocycles. The molecule has 1 aliphatic rings. The maximum Gasteiger partial charge on any atom is 0.153 e. The van der Waals surface area contributed by atoms with Crippen LogP contribution >= 0.6 is 0 Å². The molecule has 4 heteroatoms. The molecule has 0 spiro atoms. The van der Waals surface area contributed by atoms with Crippen molar-refractivity contribution in [3.8, 4) is 12.1 Å². The van der Waals surface area contributed by atoms with Crippen LogP contribution in [0.15, 0.2) is 35.9 Å². The maximum absolute atomic E-state index is 9.12. The molecule has 0 bridgehead atoms. The summed E-state index contributed by atoms with van der Waals surface area (Å²) in [5.74, 6) is 0. The highest BCUT2D eigenvalue weighted by Gasteiger charge is 2.18. The average molecular weight is 238 g/mol. The van der Waals surface area contributed by atoms with Crippen molar-refractivity contribution in [2.24, 2.45) is 0 Å². The first-order valence-corrected chi connectivity index (χ1v) is 5.92. The third kappa shape index (κ3) is 2.51. The number of nitriles is 2. The fourth-order valence-corrected chi connectivity index (χ4v) is 2.10. The summed E-state index contributed by atoms with van der Waals surface area (Å²) < 4.78 is 0. The van der Waals surface area contributed by atoms with Crippen molar-refractivity contribution in [1.29, 1.82) is 10.5 Å². The molecule has 1 aromatic carbocycles. The van der Waals surface area contributed by atoms with Crippen LogP contribution in [0, 0.1) is 22.7 Å². The van der Waals surface area contributed by atoms with Crippen molar-refractivity contribution in [3.05, 3.63) is 41.5 Å². The molecule has 4 nitrogen and oxygen atoms in total. The van der Waals surface area contributed by atoms with Gasteiger partial charge in [-0.2, -0.15) is 10.5 Å². The second kappa shape index (κ2) is 5.86. The first-order valence-electron chi connectivity index (χ1n) is 5.92. The highest BCUT2D eigenvalue weighted by molar-refractivity contribution is 5.74. The van der Waals surface area contributed by atoms with Crippen molar-refractivity contribution in [3.63, 3.8) is 0 Å². The van der Waals surface area contributed by atoms with Crippen LogP contribution in [0.25, 0.3) is 5.70 Å². The van der Waals surface area contributed by atoms with Crippen LogP contribution in [0.2, 0.25) is 0 Å². The van der Waals surface area contributed by atoms with Gasteiger partial charge in [-0.3, -0.25) is 0 Å². The van der Waals surface area contributed by atoms with Gasteiger partial charge in [0.1, 0.15) is 12.1 Å². The number of hydrogen-bond donors (Lipinski definition) is 1. The van der Waals surface area contributed by atoms with Crippen LogP contribution < -0.4 is 5.32 Å². The van der Waals surface area contributed by atoms with Crippen LogP contribution in [0.1, 0.15) is 5.56 Å². The minimum Gasteiger partial charge on any atom is -0.367 e. The Hall–Kier alpha value is -2.30. The third-order valence-corrected chi connectivity index (χ3v) is 2.94. The number of rotatable bonds is 2. The van der Waals surface area contributed by atoms with Crippen molar-refractivity contribution in [2.75, 3.05) is 26.2 Å². The normalized spacial score (nSPS) is 14.4. The smallest absolute Gasteiger partial charge is 0.153 e. The lowest BCUT2D eigenvalue weighted by Gasteiger charge is -2.31. The molecule has 0 unspecified atom stereocenters. The van der Waals surface area contributed by atoms with Gasteiger partial charge in [0.2, 0.25) is 0 Å². The first kappa shape index (κ1) is 12.2. The van der Waals surface area contributed by atoms with Gasteiger partial charge in [-0.15, -0.1) is 0 Å². The second-order valence-corrected chi connectivity index (χ2v) is 4.05. The number of nitrogens with zero attached hydrogens (tertiary/aromatic N) is 3. The number of nitrogens with one attached hydrogen (secondary N) is 1. The Labute approximate surface area is 107 Å². The summed E-state index contributed by atoms with van der Waals surface area (Å²) >= 11 is 0. The SMILES string of the molecule is N#CC(C#N)=C(c1ccccc1)N1CCNCC1. The van der Waals surface area contributed by atoms with Crippen LogP contribution in [0.4, 0.5) is 0 Å². The van der Waals surface area contributed by atoms with E-state index in [9.17, 15) is 0 Å². The first-order chi connectivity index (χ1) is 8.86. The van der Waals surface area contributed by atoms with Crippen molar-refractivity contribution < 1.29 is 0 Å². The Morgan fingerprint density at radius 1 is 1.06 bits per heavy atom. The molecule has 1 aromatic rings. The Bertz CT molecular complexity index is 497. The lowest BCUT2D eigenvalue weighted by Crippen LogP contribution is -2.42. The Kier molecular flexibility index (Phi) is 3.96. The summed E-state index contributed by atoms with van der Waals surface area (Å²) in [4.78, 5) is 2.10. The van der Waals surface area contributed by atoms with Crippen LogP contribution in [0.5, 0.6) is 0 Å². The van der Waals surface area contributed by atoms with E-state index in [2.05, 4.69) is 10.2 Å². The van der Waals surface area contributed by atoms with Gasteiger partial charge in [0.05, 0.1) is 5.70 Å². The van der Waals surface area contributed by atoms with Gasteiger partial charge in [0, 0.05) is 26.2 Å². The largest absolute Gasteiger partial charge is 0.367 e. The van der Waals surface area contributed by atoms with Crippen LogP contribution in [0.3, 0.4) is 0 Å². The molecule has 18 heavy (non-hydrogen) atoms. The fraction of sp³-hybridized carbons (Fsp3) is 0.286. The molecular formula is C14H14N4. The number of hydrogen-bond acceptors (Lipinski definition) is 4. The average Bonchev–Trinajstić information content (AvgIpc) is 2.46. The standard InChI is InChI=1S/C14H14N4/c15-10-13(11-16)14(12-4-2-1-3-5-12)18-8-6-17-7-9-18/h1-5,17H,6-9H2. The molecular weight excluding hydrogens is 224 g/mol. The lowest BCUT2D eigenvalue weighted by molar-refractivity contribution is 0.340. The molecule has 0 aliphatic carbocycles. The Morgan fingerprint density at radius 2 is 1.67 bits per heavy atom. The molecule has 0 amide bonds. The summed E-state index contributed by atoms with van der Waals surface area (Å²) in [6, 6.07) is 13.7. The molecule has 1 fully saturated rings. The van der Waals surface area contributed by atoms with E-state index in [1.807, 2.05) is 42.5 Å². The fourth-order valence-electron chi connectivity index (χ4n) is 2.10. The molecule has 2 rings (SSSR count). The van der Waals surface area contributed by atoms with E-state index in [0.717, 1.165) is 37.4 Å². The van der Waals surface area contributed by atoms with Gasteiger partial charge < -0.3 is 10.2 Å². The summed E-state index contributed by atoms with van der Waals surface area (Å²) in [6.07, 6.45) is 0. The van der Waals surface area contributed by atoms with E-state index in [1.165, 1.54) is 0 Å². The van der Waals surface area contributed by atoms with E-state index < -0.39 is 0 Å². The lowest BCUT2D eigenvalue weighted by atomic mass is 10.1. The zero-order valence-electron chi connectivity index (χ0n) is 10.1. The predicted molar refractivity (Wildman–Crippen MR) is 69.0 cm³/mol. The van der Waals surface area contributed by atoms with Gasteiger partial charge >= 0.3 is 0 Å². The van der Waals surface area contributed by atoms with E-state index in [0.29, 0.717) is 0 Å². The molecule has 90 valence electrons. The van der Waals surface area contributed by atoms with Gasteiger partial charge in [-0.25, -0.2) is 0 Å². The molecule has 1 saturated heterocycles. The van der Waals surface area contributed by atoms with Crippen molar-refractivity contribution in [2.45, 2.75) is 0 Å². The minimum atomic E-state index is 0.183. The van der Waals surface area contributed by atoms with Crippen LogP contribution in [-0.2, 0) is 0 Å². The third-order valence-electron chi connectivity index (χ3n) is 2.94. The Morgan fingerprint density at radius 3 is 2.22 bits per heavy atom. The Balaban J connectivity index is 2.45. The van der Waals surface area contributed by atoms with Gasteiger partial charge in [-0.05, 0) is 5.56 Å². The van der Waals surface area contributed by atoms with Gasteiger partial charge in [-0.1, -0.05) is 30.3 Å². The monoisotopic (exact) mass is 238 g/mol. The molecule has 0 saturated carbocycles.